The van der Waals surface area contributed by atoms with Crippen molar-refractivity contribution >= 4 is 33.8 Å². The molecule has 2 aromatic heterocycles. The lowest BCUT2D eigenvalue weighted by Crippen LogP contribution is -2.30. The Labute approximate surface area is 187 Å². The maximum Gasteiger partial charge on any atom is 0.277 e. The van der Waals surface area contributed by atoms with Crippen LogP contribution in [0.2, 0.25) is 0 Å². The van der Waals surface area contributed by atoms with Gasteiger partial charge in [0.25, 0.3) is 5.91 Å². The summed E-state index contributed by atoms with van der Waals surface area (Å²) in [5, 5.41) is 17.4. The quantitative estimate of drug-likeness (QED) is 0.548. The van der Waals surface area contributed by atoms with Gasteiger partial charge in [-0.1, -0.05) is 17.4 Å². The van der Waals surface area contributed by atoms with E-state index in [0.29, 0.717) is 37.4 Å². The summed E-state index contributed by atoms with van der Waals surface area (Å²) in [7, 11) is 1.77. The minimum Gasteiger partial charge on any atom is -0.390 e. The van der Waals surface area contributed by atoms with E-state index >= 15 is 0 Å². The van der Waals surface area contributed by atoms with Crippen LogP contribution in [-0.2, 0) is 7.05 Å². The summed E-state index contributed by atoms with van der Waals surface area (Å²) in [6.45, 7) is 3.13. The molecule has 0 unspecified atom stereocenters. The molecule has 1 aliphatic rings. The van der Waals surface area contributed by atoms with Crippen LogP contribution in [0.15, 0.2) is 24.4 Å². The lowest BCUT2D eigenvalue weighted by atomic mass is 9.98. The Hall–Kier alpha value is -3.05. The maximum absolute atomic E-state index is 14.1. The van der Waals surface area contributed by atoms with Crippen molar-refractivity contribution in [2.45, 2.75) is 31.8 Å². The molecule has 1 atom stereocenters. The Bertz CT molecular complexity index is 1140. The van der Waals surface area contributed by atoms with E-state index < -0.39 is 23.1 Å². The number of nitrogens with zero attached hydrogens (tertiary/aromatic N) is 4. The topological polar surface area (TPSA) is 109 Å². The Morgan fingerprint density at radius 3 is 2.72 bits per heavy atom. The summed E-state index contributed by atoms with van der Waals surface area (Å²) >= 11 is 0.841. The van der Waals surface area contributed by atoms with Crippen LogP contribution in [0, 0.1) is 11.6 Å². The smallest absolute Gasteiger partial charge is 0.277 e. The van der Waals surface area contributed by atoms with Gasteiger partial charge in [0.2, 0.25) is 0 Å². The summed E-state index contributed by atoms with van der Waals surface area (Å²) in [5.74, 6) is -1.46. The van der Waals surface area contributed by atoms with Gasteiger partial charge in [-0.2, -0.15) is 5.10 Å². The molecule has 0 spiro atoms. The highest BCUT2D eigenvalue weighted by Gasteiger charge is 2.28. The van der Waals surface area contributed by atoms with Crippen molar-refractivity contribution in [3.05, 3.63) is 41.7 Å². The van der Waals surface area contributed by atoms with Gasteiger partial charge < -0.3 is 21.1 Å². The molecule has 4 rings (SSSR count). The monoisotopic (exact) mass is 462 g/mol. The zero-order valence-electron chi connectivity index (χ0n) is 17.7. The van der Waals surface area contributed by atoms with Crippen molar-refractivity contribution < 1.29 is 18.7 Å². The molecule has 0 radical (unpaired) electrons. The molecule has 1 saturated heterocycles. The number of benzene rings is 1. The van der Waals surface area contributed by atoms with Crippen LogP contribution in [0.25, 0.3) is 10.6 Å². The molecule has 1 aromatic carbocycles. The lowest BCUT2D eigenvalue weighted by molar-refractivity contribution is 0.0481. The van der Waals surface area contributed by atoms with Gasteiger partial charge in [-0.3, -0.25) is 9.48 Å². The average molecular weight is 463 g/mol. The van der Waals surface area contributed by atoms with Crippen LogP contribution in [-0.4, -0.2) is 44.5 Å². The van der Waals surface area contributed by atoms with Crippen molar-refractivity contribution in [3.63, 3.8) is 0 Å². The molecule has 4 N–H and O–H groups in total. The number of hydrogen-bond acceptors (Lipinski definition) is 7. The van der Waals surface area contributed by atoms with E-state index in [1.165, 1.54) is 12.3 Å². The second-order valence-corrected chi connectivity index (χ2v) is 9.16. The van der Waals surface area contributed by atoms with Crippen LogP contribution in [0.3, 0.4) is 0 Å². The van der Waals surface area contributed by atoms with Gasteiger partial charge in [0, 0.05) is 20.1 Å². The molecular weight excluding hydrogens is 438 g/mol. The molecule has 0 bridgehead atoms. The minimum atomic E-state index is -0.780. The number of carbonyl (C=O) groups is 1. The van der Waals surface area contributed by atoms with Crippen molar-refractivity contribution in [1.29, 1.82) is 0 Å². The highest BCUT2D eigenvalue weighted by molar-refractivity contribution is 7.19. The number of nitrogens with two attached hydrogens (primary N) is 1. The van der Waals surface area contributed by atoms with Gasteiger partial charge in [-0.05, 0) is 38.3 Å². The van der Waals surface area contributed by atoms with E-state index in [2.05, 4.69) is 20.3 Å². The molecule has 3 aromatic rings. The van der Waals surface area contributed by atoms with Crippen molar-refractivity contribution in [2.75, 3.05) is 29.0 Å². The third-order valence-electron chi connectivity index (χ3n) is 5.56. The Kier molecular flexibility index (Phi) is 5.87. The van der Waals surface area contributed by atoms with Crippen LogP contribution < -0.4 is 16.0 Å². The molecule has 0 aliphatic carbocycles. The summed E-state index contributed by atoms with van der Waals surface area (Å²) in [5.41, 5.74) is 5.26. The number of aryl methyl sites for hydroxylation is 1. The molecule has 170 valence electrons. The summed E-state index contributed by atoms with van der Waals surface area (Å²) in [6, 6.07) is 3.50. The number of hydrogen-bond donors (Lipinski definition) is 3. The van der Waals surface area contributed by atoms with Crippen molar-refractivity contribution in [1.82, 2.24) is 14.8 Å². The number of rotatable bonds is 4. The summed E-state index contributed by atoms with van der Waals surface area (Å²) in [4.78, 5) is 19.1. The zero-order chi connectivity index (χ0) is 23.0. The first-order valence-corrected chi connectivity index (χ1v) is 11.0. The fourth-order valence-corrected chi connectivity index (χ4v) is 4.73. The number of nitrogen functional groups attached to an aromatic ring is 1. The molecule has 3 heterocycles. The first-order valence-electron chi connectivity index (χ1n) is 10.2. The molecule has 11 heteroatoms. The number of amides is 1. The number of anilines is 3. The highest BCUT2D eigenvalue weighted by atomic mass is 32.1. The van der Waals surface area contributed by atoms with Crippen LogP contribution in [0.5, 0.6) is 0 Å². The maximum atomic E-state index is 14.1. The van der Waals surface area contributed by atoms with Gasteiger partial charge in [0.15, 0.2) is 11.5 Å². The van der Waals surface area contributed by atoms with Gasteiger partial charge >= 0.3 is 0 Å². The first kappa shape index (κ1) is 22.2. The van der Waals surface area contributed by atoms with Gasteiger partial charge in [-0.25, -0.2) is 13.8 Å². The molecule has 8 nitrogen and oxygen atoms in total. The molecule has 1 aliphatic heterocycles. The highest BCUT2D eigenvalue weighted by Crippen LogP contribution is 2.35. The summed E-state index contributed by atoms with van der Waals surface area (Å²) < 4.78 is 29.9. The van der Waals surface area contributed by atoms with Gasteiger partial charge in [0.05, 0.1) is 17.4 Å². The molecule has 1 fully saturated rings. The third kappa shape index (κ3) is 4.30. The standard InChI is InChI=1S/C21H24F2N6O2S/c1-21(31)7-4-9-29(10-8-21)20-14(11-25-28(20)2)26-18(30)16-17(24)32-19(27-16)15-12(22)5-3-6-13(15)23/h3,5-6,11,31H,4,7-10,24H2,1-2H3,(H,26,30)/t21-/m1/s1. The number of aromatic nitrogens is 3. The minimum absolute atomic E-state index is 0.00981. The second-order valence-electron chi connectivity index (χ2n) is 8.13. The second kappa shape index (κ2) is 8.47. The van der Waals surface area contributed by atoms with E-state index in [1.807, 2.05) is 6.92 Å². The van der Waals surface area contributed by atoms with Crippen molar-refractivity contribution in [3.8, 4) is 10.6 Å². The van der Waals surface area contributed by atoms with Crippen LogP contribution in [0.4, 0.5) is 25.3 Å². The molecule has 0 saturated carbocycles. The van der Waals surface area contributed by atoms with Gasteiger partial charge in [-0.15, -0.1) is 0 Å². The molecule has 32 heavy (non-hydrogen) atoms. The fourth-order valence-electron chi connectivity index (χ4n) is 3.85. The number of aliphatic hydroxyl groups is 1. The van der Waals surface area contributed by atoms with Crippen LogP contribution in [0.1, 0.15) is 36.7 Å². The lowest BCUT2D eigenvalue weighted by Gasteiger charge is -2.25. The molecular formula is C21H24F2N6O2S. The first-order chi connectivity index (χ1) is 15.2. The Morgan fingerprint density at radius 1 is 1.28 bits per heavy atom. The average Bonchev–Trinajstić information content (AvgIpc) is 3.21. The fraction of sp³-hybridized carbons (Fsp3) is 0.381. The van der Waals surface area contributed by atoms with E-state index in [0.717, 1.165) is 29.9 Å². The van der Waals surface area contributed by atoms with Crippen molar-refractivity contribution in [2.24, 2.45) is 7.05 Å². The number of carbonyl (C=O) groups excluding carboxylic acids is 1. The van der Waals surface area contributed by atoms with E-state index in [1.54, 1.807) is 11.7 Å². The number of halogens is 2. The SMILES string of the molecule is Cn1ncc(NC(=O)c2nc(-c3c(F)cccc3F)sc2N)c1N1CCC[C@@](C)(O)CC1. The normalized spacial score (nSPS) is 19.1. The van der Waals surface area contributed by atoms with Gasteiger partial charge in [0.1, 0.15) is 27.3 Å². The molecule has 1 amide bonds. The predicted molar refractivity (Wildman–Crippen MR) is 120 cm³/mol. The third-order valence-corrected chi connectivity index (χ3v) is 6.47. The zero-order valence-corrected chi connectivity index (χ0v) is 18.5. The largest absolute Gasteiger partial charge is 0.390 e. The van der Waals surface area contributed by atoms with E-state index in [9.17, 15) is 18.7 Å². The number of thiazole rings is 1. The number of nitrogens with one attached hydrogen (secondary N) is 1. The summed E-state index contributed by atoms with van der Waals surface area (Å²) in [6.07, 6.45) is 3.59. The Morgan fingerprint density at radius 2 is 2.00 bits per heavy atom. The van der Waals surface area contributed by atoms with Crippen LogP contribution >= 0.6 is 11.3 Å². The van der Waals surface area contributed by atoms with E-state index in [-0.39, 0.29) is 21.3 Å². The predicted octanol–water partition coefficient (Wildman–Crippen LogP) is 3.40. The Balaban J connectivity index is 1.59. The van der Waals surface area contributed by atoms with E-state index in [4.69, 9.17) is 5.73 Å².